The van der Waals surface area contributed by atoms with Crippen LogP contribution in [0.2, 0.25) is 0 Å². The van der Waals surface area contributed by atoms with E-state index in [4.69, 9.17) is 5.26 Å². The van der Waals surface area contributed by atoms with Crippen LogP contribution in [-0.4, -0.2) is 11.4 Å². The van der Waals surface area contributed by atoms with Crippen molar-refractivity contribution in [3.8, 4) is 6.19 Å². The van der Waals surface area contributed by atoms with Crippen molar-refractivity contribution in [2.45, 2.75) is 0 Å². The van der Waals surface area contributed by atoms with Gasteiger partial charge in [-0.1, -0.05) is 36.0 Å². The SMILES string of the molecule is CSC(=Nc1ccc2c(c1)sc1ccccc12)NC#N. The van der Waals surface area contributed by atoms with E-state index in [1.165, 1.54) is 31.9 Å². The Labute approximate surface area is 124 Å². The van der Waals surface area contributed by atoms with E-state index < -0.39 is 0 Å². The molecule has 3 aromatic rings. The van der Waals surface area contributed by atoms with Crippen molar-refractivity contribution in [1.82, 2.24) is 5.32 Å². The van der Waals surface area contributed by atoms with Crippen molar-refractivity contribution in [3.05, 3.63) is 42.5 Å². The van der Waals surface area contributed by atoms with Gasteiger partial charge in [0.25, 0.3) is 0 Å². The average molecular weight is 297 g/mol. The van der Waals surface area contributed by atoms with Crippen molar-refractivity contribution in [3.63, 3.8) is 0 Å². The second-order valence-corrected chi connectivity index (χ2v) is 6.02. The maximum Gasteiger partial charge on any atom is 0.183 e. The molecule has 0 saturated carbocycles. The number of nitrogens with zero attached hydrogens (tertiary/aromatic N) is 2. The molecule has 5 heteroatoms. The monoisotopic (exact) mass is 297 g/mol. The van der Waals surface area contributed by atoms with Crippen molar-refractivity contribution in [2.24, 2.45) is 4.99 Å². The topological polar surface area (TPSA) is 48.2 Å². The lowest BCUT2D eigenvalue weighted by atomic mass is 10.1. The zero-order valence-corrected chi connectivity index (χ0v) is 12.4. The molecule has 1 aromatic heterocycles. The van der Waals surface area contributed by atoms with Gasteiger partial charge in [-0.2, -0.15) is 5.26 Å². The fourth-order valence-corrected chi connectivity index (χ4v) is 3.56. The van der Waals surface area contributed by atoms with Gasteiger partial charge in [0.1, 0.15) is 0 Å². The molecular formula is C15H11N3S2. The van der Waals surface area contributed by atoms with Gasteiger partial charge in [0.2, 0.25) is 0 Å². The Morgan fingerprint density at radius 2 is 2.00 bits per heavy atom. The largest absolute Gasteiger partial charge is 0.271 e. The highest BCUT2D eigenvalue weighted by Crippen LogP contribution is 2.35. The van der Waals surface area contributed by atoms with Crippen LogP contribution in [0.25, 0.3) is 20.2 Å². The van der Waals surface area contributed by atoms with Gasteiger partial charge in [-0.05, 0) is 24.5 Å². The number of benzene rings is 2. The minimum absolute atomic E-state index is 0.605. The summed E-state index contributed by atoms with van der Waals surface area (Å²) in [7, 11) is 0. The number of nitrogens with one attached hydrogen (secondary N) is 1. The fourth-order valence-electron chi connectivity index (χ4n) is 2.07. The average Bonchev–Trinajstić information content (AvgIpc) is 2.84. The van der Waals surface area contributed by atoms with Crippen LogP contribution in [0.3, 0.4) is 0 Å². The van der Waals surface area contributed by atoms with Crippen LogP contribution in [0.15, 0.2) is 47.5 Å². The summed E-state index contributed by atoms with van der Waals surface area (Å²) in [6, 6.07) is 14.5. The molecule has 3 nitrogen and oxygen atoms in total. The third-order valence-electron chi connectivity index (χ3n) is 2.95. The maximum atomic E-state index is 8.66. The number of amidine groups is 1. The molecule has 1 N–H and O–H groups in total. The smallest absolute Gasteiger partial charge is 0.183 e. The highest BCUT2D eigenvalue weighted by atomic mass is 32.2. The Balaban J connectivity index is 2.11. The molecule has 20 heavy (non-hydrogen) atoms. The second kappa shape index (κ2) is 5.53. The molecule has 0 fully saturated rings. The number of aliphatic imine (C=N–C) groups is 1. The van der Waals surface area contributed by atoms with E-state index in [9.17, 15) is 0 Å². The van der Waals surface area contributed by atoms with Gasteiger partial charge in [0.15, 0.2) is 11.4 Å². The van der Waals surface area contributed by atoms with Gasteiger partial charge >= 0.3 is 0 Å². The standard InChI is InChI=1S/C15H11N3S2/c1-19-15(17-9-16)18-10-6-7-12-11-4-2-3-5-13(11)20-14(12)8-10/h2-8H,1H3,(H,17,18). The normalized spacial score (nSPS) is 11.7. The van der Waals surface area contributed by atoms with E-state index in [-0.39, 0.29) is 0 Å². The Bertz CT molecular complexity index is 843. The number of hydrogen-bond acceptors (Lipinski definition) is 4. The number of fused-ring (bicyclic) bond motifs is 3. The molecule has 0 unspecified atom stereocenters. The molecule has 98 valence electrons. The second-order valence-electron chi connectivity index (χ2n) is 4.14. The number of rotatable bonds is 1. The van der Waals surface area contributed by atoms with Crippen LogP contribution in [0.1, 0.15) is 0 Å². The Kier molecular flexibility index (Phi) is 3.59. The van der Waals surface area contributed by atoms with Crippen molar-refractivity contribution >= 4 is 54.1 Å². The molecule has 0 aliphatic rings. The van der Waals surface area contributed by atoms with Crippen molar-refractivity contribution in [2.75, 3.05) is 6.26 Å². The van der Waals surface area contributed by atoms with Gasteiger partial charge in [-0.3, -0.25) is 5.32 Å². The quantitative estimate of drug-likeness (QED) is 0.312. The summed E-state index contributed by atoms with van der Waals surface area (Å²) in [5.41, 5.74) is 0.858. The number of hydrogen-bond donors (Lipinski definition) is 1. The minimum Gasteiger partial charge on any atom is -0.271 e. The first-order valence-electron chi connectivity index (χ1n) is 6.01. The van der Waals surface area contributed by atoms with Crippen LogP contribution < -0.4 is 5.32 Å². The van der Waals surface area contributed by atoms with E-state index in [2.05, 4.69) is 46.7 Å². The predicted octanol–water partition coefficient (Wildman–Crippen LogP) is 4.48. The van der Waals surface area contributed by atoms with Crippen LogP contribution in [-0.2, 0) is 0 Å². The molecule has 0 saturated heterocycles. The first kappa shape index (κ1) is 13.0. The van der Waals surface area contributed by atoms with Gasteiger partial charge in [0.05, 0.1) is 5.69 Å². The molecule has 1 heterocycles. The zero-order valence-electron chi connectivity index (χ0n) is 10.8. The number of thiophene rings is 1. The van der Waals surface area contributed by atoms with E-state index in [0.717, 1.165) is 5.69 Å². The summed E-state index contributed by atoms with van der Waals surface area (Å²) >= 11 is 3.18. The third-order valence-corrected chi connectivity index (χ3v) is 4.66. The first-order chi connectivity index (χ1) is 9.81. The van der Waals surface area contributed by atoms with Crippen LogP contribution in [0.4, 0.5) is 5.69 Å². The van der Waals surface area contributed by atoms with E-state index in [1.807, 2.05) is 18.5 Å². The van der Waals surface area contributed by atoms with E-state index in [1.54, 1.807) is 11.3 Å². The van der Waals surface area contributed by atoms with E-state index in [0.29, 0.717) is 5.17 Å². The number of nitriles is 1. The summed E-state index contributed by atoms with van der Waals surface area (Å²) < 4.78 is 2.49. The van der Waals surface area contributed by atoms with Gasteiger partial charge < -0.3 is 0 Å². The van der Waals surface area contributed by atoms with Crippen LogP contribution in [0, 0.1) is 11.5 Å². The molecule has 0 amide bonds. The molecule has 3 rings (SSSR count). The zero-order chi connectivity index (χ0) is 13.9. The summed E-state index contributed by atoms with van der Waals surface area (Å²) in [5.74, 6) is 0. The van der Waals surface area contributed by atoms with Crippen LogP contribution in [0.5, 0.6) is 0 Å². The third kappa shape index (κ3) is 2.36. The number of thioether (sulfide) groups is 1. The molecule has 0 bridgehead atoms. The molecule has 0 radical (unpaired) electrons. The minimum atomic E-state index is 0.605. The molecule has 2 aromatic carbocycles. The molecule has 0 spiro atoms. The Morgan fingerprint density at radius 3 is 2.80 bits per heavy atom. The highest BCUT2D eigenvalue weighted by molar-refractivity contribution is 8.13. The highest BCUT2D eigenvalue weighted by Gasteiger charge is 2.05. The Hall–Kier alpha value is -2.03. The van der Waals surface area contributed by atoms with Gasteiger partial charge in [0, 0.05) is 20.2 Å². The van der Waals surface area contributed by atoms with E-state index >= 15 is 0 Å². The summed E-state index contributed by atoms with van der Waals surface area (Å²) in [6.07, 6.45) is 3.79. The molecule has 0 atom stereocenters. The summed E-state index contributed by atoms with van der Waals surface area (Å²) in [5, 5.41) is 14.4. The van der Waals surface area contributed by atoms with Crippen LogP contribution >= 0.6 is 23.1 Å². The lowest BCUT2D eigenvalue weighted by Crippen LogP contribution is -2.12. The van der Waals surface area contributed by atoms with Gasteiger partial charge in [-0.15, -0.1) is 11.3 Å². The first-order valence-corrected chi connectivity index (χ1v) is 8.05. The summed E-state index contributed by atoms with van der Waals surface area (Å²) in [4.78, 5) is 4.44. The Morgan fingerprint density at radius 1 is 1.20 bits per heavy atom. The maximum absolute atomic E-state index is 8.66. The lowest BCUT2D eigenvalue weighted by Gasteiger charge is -2.00. The predicted molar refractivity (Wildman–Crippen MR) is 88.7 cm³/mol. The fraction of sp³-hybridized carbons (Fsp3) is 0.0667. The molecular weight excluding hydrogens is 286 g/mol. The van der Waals surface area contributed by atoms with Crippen molar-refractivity contribution < 1.29 is 0 Å². The van der Waals surface area contributed by atoms with Gasteiger partial charge in [-0.25, -0.2) is 4.99 Å². The molecule has 0 aliphatic heterocycles. The lowest BCUT2D eigenvalue weighted by molar-refractivity contribution is 1.28. The molecule has 0 aliphatic carbocycles. The summed E-state index contributed by atoms with van der Waals surface area (Å²) in [6.45, 7) is 0. The van der Waals surface area contributed by atoms with Crippen molar-refractivity contribution in [1.29, 1.82) is 5.26 Å².